The van der Waals surface area contributed by atoms with Crippen molar-refractivity contribution in [1.82, 2.24) is 4.90 Å². The number of hydrogen-bond acceptors (Lipinski definition) is 2. The molecule has 2 unspecified atom stereocenters. The highest BCUT2D eigenvalue weighted by atomic mass is 15.1. The van der Waals surface area contributed by atoms with Gasteiger partial charge >= 0.3 is 0 Å². The van der Waals surface area contributed by atoms with Gasteiger partial charge in [0.25, 0.3) is 0 Å². The third-order valence-electron chi connectivity index (χ3n) is 3.62. The van der Waals surface area contributed by atoms with E-state index in [1.165, 1.54) is 19.5 Å². The van der Waals surface area contributed by atoms with Crippen LogP contribution in [0.25, 0.3) is 0 Å². The van der Waals surface area contributed by atoms with Crippen molar-refractivity contribution in [3.8, 4) is 0 Å². The van der Waals surface area contributed by atoms with E-state index in [-0.39, 0.29) is 5.41 Å². The summed E-state index contributed by atoms with van der Waals surface area (Å²) in [5.41, 5.74) is 6.04. The fourth-order valence-electron chi connectivity index (χ4n) is 2.16. The van der Waals surface area contributed by atoms with Crippen LogP contribution in [0.3, 0.4) is 0 Å². The van der Waals surface area contributed by atoms with Gasteiger partial charge in [0.15, 0.2) is 0 Å². The summed E-state index contributed by atoms with van der Waals surface area (Å²) in [4.78, 5) is 2.58. The summed E-state index contributed by atoms with van der Waals surface area (Å²) in [6, 6.07) is 0. The van der Waals surface area contributed by atoms with Gasteiger partial charge in [-0.1, -0.05) is 27.7 Å². The first-order valence-corrected chi connectivity index (χ1v) is 5.87. The van der Waals surface area contributed by atoms with Crippen LogP contribution < -0.4 is 5.73 Å². The Bertz CT molecular complexity index is 177. The quantitative estimate of drug-likeness (QED) is 0.751. The van der Waals surface area contributed by atoms with Crippen LogP contribution >= 0.6 is 0 Å². The van der Waals surface area contributed by atoms with Gasteiger partial charge < -0.3 is 10.6 Å². The molecule has 0 amide bonds. The summed E-state index contributed by atoms with van der Waals surface area (Å²) in [7, 11) is 0. The fourth-order valence-corrected chi connectivity index (χ4v) is 2.16. The Morgan fingerprint density at radius 3 is 2.43 bits per heavy atom. The molecule has 1 saturated heterocycles. The number of nitrogens with zero attached hydrogens (tertiary/aromatic N) is 1. The maximum atomic E-state index is 5.76. The predicted octanol–water partition coefficient (Wildman–Crippen LogP) is 1.95. The van der Waals surface area contributed by atoms with E-state index in [4.69, 9.17) is 5.73 Å². The molecule has 0 bridgehead atoms. The monoisotopic (exact) mass is 198 g/mol. The van der Waals surface area contributed by atoms with Crippen LogP contribution in [0.15, 0.2) is 0 Å². The largest absolute Gasteiger partial charge is 0.330 e. The van der Waals surface area contributed by atoms with Crippen LogP contribution in [0.1, 0.15) is 34.1 Å². The molecule has 0 aromatic rings. The summed E-state index contributed by atoms with van der Waals surface area (Å²) >= 11 is 0. The summed E-state index contributed by atoms with van der Waals surface area (Å²) in [5, 5.41) is 0. The topological polar surface area (TPSA) is 29.3 Å². The van der Waals surface area contributed by atoms with Crippen molar-refractivity contribution in [3.05, 3.63) is 0 Å². The van der Waals surface area contributed by atoms with E-state index in [1.54, 1.807) is 0 Å². The molecule has 1 aliphatic rings. The average molecular weight is 198 g/mol. The van der Waals surface area contributed by atoms with Crippen molar-refractivity contribution < 1.29 is 0 Å². The van der Waals surface area contributed by atoms with Gasteiger partial charge in [0, 0.05) is 13.1 Å². The normalized spacial score (nSPS) is 30.6. The molecule has 0 radical (unpaired) electrons. The van der Waals surface area contributed by atoms with Crippen molar-refractivity contribution in [2.45, 2.75) is 34.1 Å². The average Bonchev–Trinajstić information content (AvgIpc) is 2.11. The summed E-state index contributed by atoms with van der Waals surface area (Å²) in [6.07, 6.45) is 1.35. The fraction of sp³-hybridized carbons (Fsp3) is 1.00. The van der Waals surface area contributed by atoms with Crippen LogP contribution in [0.5, 0.6) is 0 Å². The lowest BCUT2D eigenvalue weighted by Gasteiger charge is -2.39. The number of likely N-dealkylation sites (tertiary alicyclic amines) is 1. The maximum absolute atomic E-state index is 5.76. The molecule has 1 aliphatic heterocycles. The SMILES string of the molecule is CC1CCN(CC(C)(C)CN)CC1C. The van der Waals surface area contributed by atoms with E-state index in [0.29, 0.717) is 0 Å². The molecule has 14 heavy (non-hydrogen) atoms. The van der Waals surface area contributed by atoms with Gasteiger partial charge in [-0.05, 0) is 36.8 Å². The molecular weight excluding hydrogens is 172 g/mol. The number of hydrogen-bond donors (Lipinski definition) is 1. The number of rotatable bonds is 3. The van der Waals surface area contributed by atoms with E-state index < -0.39 is 0 Å². The summed E-state index contributed by atoms with van der Waals surface area (Å²) in [6.45, 7) is 13.7. The second kappa shape index (κ2) is 4.63. The Labute approximate surface area is 88.8 Å². The molecule has 0 aliphatic carbocycles. The first-order valence-electron chi connectivity index (χ1n) is 5.87. The van der Waals surface area contributed by atoms with Crippen LogP contribution in [-0.2, 0) is 0 Å². The van der Waals surface area contributed by atoms with Crippen LogP contribution in [-0.4, -0.2) is 31.1 Å². The summed E-state index contributed by atoms with van der Waals surface area (Å²) < 4.78 is 0. The zero-order valence-corrected chi connectivity index (χ0v) is 10.2. The molecule has 0 spiro atoms. The smallest absolute Gasteiger partial charge is 0.00449 e. The molecule has 2 atom stereocenters. The molecule has 1 fully saturated rings. The van der Waals surface area contributed by atoms with Gasteiger partial charge in [-0.15, -0.1) is 0 Å². The molecular formula is C12H26N2. The van der Waals surface area contributed by atoms with E-state index in [1.807, 2.05) is 0 Å². The Morgan fingerprint density at radius 1 is 1.29 bits per heavy atom. The van der Waals surface area contributed by atoms with E-state index in [2.05, 4.69) is 32.6 Å². The number of piperidine rings is 1. The van der Waals surface area contributed by atoms with Crippen molar-refractivity contribution >= 4 is 0 Å². The minimum absolute atomic E-state index is 0.278. The third kappa shape index (κ3) is 3.25. The molecule has 0 aromatic carbocycles. The van der Waals surface area contributed by atoms with Gasteiger partial charge in [-0.3, -0.25) is 0 Å². The minimum atomic E-state index is 0.278. The molecule has 1 heterocycles. The van der Waals surface area contributed by atoms with Crippen molar-refractivity contribution in [2.24, 2.45) is 23.0 Å². The first-order chi connectivity index (χ1) is 6.44. The highest BCUT2D eigenvalue weighted by molar-refractivity contribution is 4.80. The second-order valence-corrected chi connectivity index (χ2v) is 5.85. The third-order valence-corrected chi connectivity index (χ3v) is 3.62. The Kier molecular flexibility index (Phi) is 3.96. The lowest BCUT2D eigenvalue weighted by molar-refractivity contribution is 0.0993. The van der Waals surface area contributed by atoms with E-state index in [9.17, 15) is 0 Å². The summed E-state index contributed by atoms with van der Waals surface area (Å²) in [5.74, 6) is 1.74. The Balaban J connectivity index is 2.40. The molecule has 2 heteroatoms. The van der Waals surface area contributed by atoms with Gasteiger partial charge in [-0.25, -0.2) is 0 Å². The van der Waals surface area contributed by atoms with Crippen LogP contribution in [0.2, 0.25) is 0 Å². The lowest BCUT2D eigenvalue weighted by Crippen LogP contribution is -2.45. The highest BCUT2D eigenvalue weighted by Crippen LogP contribution is 2.25. The van der Waals surface area contributed by atoms with Crippen molar-refractivity contribution in [1.29, 1.82) is 0 Å². The second-order valence-electron chi connectivity index (χ2n) is 5.85. The molecule has 0 saturated carbocycles. The van der Waals surface area contributed by atoms with Gasteiger partial charge in [0.05, 0.1) is 0 Å². The molecule has 1 rings (SSSR count). The van der Waals surface area contributed by atoms with Gasteiger partial charge in [0.1, 0.15) is 0 Å². The number of nitrogens with two attached hydrogens (primary N) is 1. The Hall–Kier alpha value is -0.0800. The van der Waals surface area contributed by atoms with Crippen LogP contribution in [0.4, 0.5) is 0 Å². The van der Waals surface area contributed by atoms with E-state index >= 15 is 0 Å². The standard InChI is InChI=1S/C12H26N2/c1-10-5-6-14(7-11(10)2)9-12(3,4)8-13/h10-11H,5-9,13H2,1-4H3. The van der Waals surface area contributed by atoms with Gasteiger partial charge in [0.2, 0.25) is 0 Å². The van der Waals surface area contributed by atoms with Crippen LogP contribution in [0, 0.1) is 17.3 Å². The Morgan fingerprint density at radius 2 is 1.93 bits per heavy atom. The predicted molar refractivity (Wildman–Crippen MR) is 62.2 cm³/mol. The molecule has 84 valence electrons. The lowest BCUT2D eigenvalue weighted by atomic mass is 9.86. The molecule has 2 nitrogen and oxygen atoms in total. The van der Waals surface area contributed by atoms with Gasteiger partial charge in [-0.2, -0.15) is 0 Å². The zero-order valence-electron chi connectivity index (χ0n) is 10.2. The zero-order chi connectivity index (χ0) is 10.8. The highest BCUT2D eigenvalue weighted by Gasteiger charge is 2.26. The first kappa shape index (κ1) is 12.0. The van der Waals surface area contributed by atoms with Crippen molar-refractivity contribution in [3.63, 3.8) is 0 Å². The molecule has 0 aromatic heterocycles. The minimum Gasteiger partial charge on any atom is -0.330 e. The van der Waals surface area contributed by atoms with Crippen molar-refractivity contribution in [2.75, 3.05) is 26.2 Å². The maximum Gasteiger partial charge on any atom is 0.00449 e. The molecule has 2 N–H and O–H groups in total. The van der Waals surface area contributed by atoms with E-state index in [0.717, 1.165) is 24.9 Å².